The average molecular weight is 630 g/mol. The molecule has 2 amide bonds. The summed E-state index contributed by atoms with van der Waals surface area (Å²) in [5, 5.41) is 17.2. The number of carboxylic acid groups (broad SMARTS) is 1. The first kappa shape index (κ1) is 33.3. The number of methoxy groups -OCH3 is 1. The fraction of sp³-hybridized carbons (Fsp3) is 0.516. The van der Waals surface area contributed by atoms with E-state index >= 15 is 0 Å². The quantitative estimate of drug-likeness (QED) is 0.284. The zero-order valence-electron chi connectivity index (χ0n) is 26.4. The Bertz CT molecular complexity index is 1660. The lowest BCUT2D eigenvalue weighted by Gasteiger charge is -2.32. The molecule has 4 rings (SSSR count). The van der Waals surface area contributed by atoms with Crippen LogP contribution in [0.25, 0.3) is 10.9 Å². The number of fused-ring (bicyclic) bond motifs is 3. The smallest absolute Gasteiger partial charge is 0.407 e. The van der Waals surface area contributed by atoms with E-state index in [1.165, 1.54) is 39.5 Å². The van der Waals surface area contributed by atoms with Gasteiger partial charge in [-0.2, -0.15) is 5.10 Å². The summed E-state index contributed by atoms with van der Waals surface area (Å²) < 4.78 is 33.4. The third-order valence-corrected chi connectivity index (χ3v) is 7.38. The molecule has 45 heavy (non-hydrogen) atoms. The lowest BCUT2D eigenvalue weighted by molar-refractivity contribution is -0.141. The molecule has 13 nitrogen and oxygen atoms in total. The normalized spacial score (nSPS) is 14.8. The molecule has 14 heteroatoms. The molecule has 0 aliphatic carbocycles. The Hall–Kier alpha value is -4.62. The Morgan fingerprint density at radius 3 is 2.56 bits per heavy atom. The number of unbranched alkanes of at least 4 members (excludes halogenated alkanes) is 2. The largest absolute Gasteiger partial charge is 0.493 e. The number of alkyl carbamates (subject to hydrolysis) is 1. The summed E-state index contributed by atoms with van der Waals surface area (Å²) in [5.74, 6) is -1.87. The van der Waals surface area contributed by atoms with Gasteiger partial charge in [-0.3, -0.25) is 9.59 Å². The van der Waals surface area contributed by atoms with Crippen molar-refractivity contribution < 1.29 is 38.1 Å². The molecule has 1 aliphatic rings. The van der Waals surface area contributed by atoms with Crippen LogP contribution in [0.3, 0.4) is 0 Å². The number of halogens is 1. The van der Waals surface area contributed by atoms with E-state index in [4.69, 9.17) is 14.2 Å². The first-order valence-electron chi connectivity index (χ1n) is 14.9. The molecule has 0 saturated carbocycles. The van der Waals surface area contributed by atoms with E-state index < -0.39 is 41.0 Å². The van der Waals surface area contributed by atoms with Crippen molar-refractivity contribution >= 4 is 28.9 Å². The average Bonchev–Trinajstić information content (AvgIpc) is 3.32. The number of aromatic nitrogens is 3. The zero-order chi connectivity index (χ0) is 33.1. The predicted molar refractivity (Wildman–Crippen MR) is 163 cm³/mol. The molecule has 0 fully saturated rings. The Morgan fingerprint density at radius 1 is 1.18 bits per heavy atom. The molecule has 0 saturated heterocycles. The summed E-state index contributed by atoms with van der Waals surface area (Å²) >= 11 is 0. The van der Waals surface area contributed by atoms with E-state index in [1.807, 2.05) is 0 Å². The minimum absolute atomic E-state index is 0.0135. The molecule has 244 valence electrons. The van der Waals surface area contributed by atoms with Crippen molar-refractivity contribution in [3.63, 3.8) is 0 Å². The molecule has 2 aromatic heterocycles. The number of rotatable bonds is 12. The van der Waals surface area contributed by atoms with E-state index in [0.29, 0.717) is 30.6 Å². The van der Waals surface area contributed by atoms with Crippen LogP contribution in [0.5, 0.6) is 11.5 Å². The summed E-state index contributed by atoms with van der Waals surface area (Å²) in [7, 11) is 1.32. The summed E-state index contributed by atoms with van der Waals surface area (Å²) in [4.78, 5) is 52.6. The van der Waals surface area contributed by atoms with Crippen LogP contribution in [0.4, 0.5) is 9.18 Å². The lowest BCUT2D eigenvalue weighted by Crippen LogP contribution is -2.45. The van der Waals surface area contributed by atoms with Gasteiger partial charge in [0, 0.05) is 24.7 Å². The number of hydrogen-bond acceptors (Lipinski definition) is 8. The van der Waals surface area contributed by atoms with Crippen molar-refractivity contribution in [3.05, 3.63) is 51.3 Å². The third-order valence-electron chi connectivity index (χ3n) is 7.38. The number of ether oxygens (including phenoxy) is 3. The molecule has 3 heterocycles. The number of carbonyl (C=O) groups is 3. The van der Waals surface area contributed by atoms with Gasteiger partial charge in [-0.15, -0.1) is 0 Å². The number of hydrogen-bond donors (Lipinski definition) is 2. The third kappa shape index (κ3) is 7.21. The molecule has 1 aromatic carbocycles. The molecule has 1 aliphatic heterocycles. The highest BCUT2D eigenvalue weighted by Gasteiger charge is 2.41. The number of benzene rings is 1. The lowest BCUT2D eigenvalue weighted by atomic mass is 10.1. The molecule has 0 bridgehead atoms. The maximum Gasteiger partial charge on any atom is 0.407 e. The van der Waals surface area contributed by atoms with E-state index in [2.05, 4.69) is 10.4 Å². The SMILES string of the molecule is CCN1C[C@H](C(=O)O)n2c(c(OC)c3c(=O)n(Cc4ccc(F)cc4OCCCCCNC(=O)OC(C)(C)C)nc(C)c32)C1=O. The van der Waals surface area contributed by atoms with Crippen LogP contribution in [-0.4, -0.2) is 81.3 Å². The molecule has 3 aromatic rings. The first-order valence-corrected chi connectivity index (χ1v) is 14.9. The van der Waals surface area contributed by atoms with E-state index in [-0.39, 0.29) is 54.3 Å². The summed E-state index contributed by atoms with van der Waals surface area (Å²) in [6, 6.07) is 2.87. The number of carboxylic acids is 1. The van der Waals surface area contributed by atoms with Gasteiger partial charge in [-0.1, -0.05) is 6.07 Å². The van der Waals surface area contributed by atoms with Gasteiger partial charge in [-0.05, 0) is 59.9 Å². The Morgan fingerprint density at radius 2 is 1.91 bits per heavy atom. The van der Waals surface area contributed by atoms with Crippen LogP contribution in [-0.2, 0) is 16.1 Å². The van der Waals surface area contributed by atoms with Crippen molar-refractivity contribution in [2.75, 3.05) is 33.4 Å². The summed E-state index contributed by atoms with van der Waals surface area (Å²) in [6.07, 6.45) is 1.59. The standard InChI is InChI=1S/C31H40FN5O8/c1-7-35-17-21(29(40)41)37-24-18(2)34-36(27(38)23(24)26(43-6)25(37)28(35)39)16-19-11-12-20(32)15-22(19)44-14-10-8-9-13-33-30(42)45-31(3,4)5/h11-12,15,21H,7-10,13-14,16-17H2,1-6H3,(H,33,42)(H,40,41)/t21-/m1/s1. The minimum atomic E-state index is -1.15. The van der Waals surface area contributed by atoms with Gasteiger partial charge in [0.15, 0.2) is 11.4 Å². The second kappa shape index (κ2) is 13.6. The highest BCUT2D eigenvalue weighted by molar-refractivity contribution is 6.06. The van der Waals surface area contributed by atoms with Gasteiger partial charge in [-0.25, -0.2) is 18.7 Å². The van der Waals surface area contributed by atoms with Gasteiger partial charge < -0.3 is 34.1 Å². The summed E-state index contributed by atoms with van der Waals surface area (Å²) in [6.45, 7) is 9.60. The number of carbonyl (C=O) groups excluding carboxylic acids is 2. The molecule has 2 N–H and O–H groups in total. The van der Waals surface area contributed by atoms with E-state index in [0.717, 1.165) is 6.42 Å². The number of nitrogens with one attached hydrogen (secondary N) is 1. The molecular weight excluding hydrogens is 589 g/mol. The van der Waals surface area contributed by atoms with Crippen molar-refractivity contribution in [1.82, 2.24) is 24.6 Å². The van der Waals surface area contributed by atoms with Crippen LogP contribution < -0.4 is 20.3 Å². The first-order chi connectivity index (χ1) is 21.3. The highest BCUT2D eigenvalue weighted by Crippen LogP contribution is 2.38. The number of aryl methyl sites for hydroxylation is 1. The highest BCUT2D eigenvalue weighted by atomic mass is 19.1. The molecule has 0 unspecified atom stereocenters. The fourth-order valence-corrected chi connectivity index (χ4v) is 5.37. The zero-order valence-corrected chi connectivity index (χ0v) is 26.4. The number of likely N-dealkylation sites (N-methyl/N-ethyl adjacent to an activating group) is 1. The predicted octanol–water partition coefficient (Wildman–Crippen LogP) is 3.88. The number of amides is 2. The van der Waals surface area contributed by atoms with Gasteiger partial charge >= 0.3 is 12.1 Å². The van der Waals surface area contributed by atoms with Crippen LogP contribution in [0.15, 0.2) is 23.0 Å². The Labute approximate surface area is 259 Å². The van der Waals surface area contributed by atoms with Crippen LogP contribution in [0, 0.1) is 12.7 Å². The van der Waals surface area contributed by atoms with Crippen LogP contribution in [0.1, 0.15) is 74.7 Å². The number of aliphatic carboxylic acids is 1. The maximum atomic E-state index is 14.2. The van der Waals surface area contributed by atoms with E-state index in [9.17, 15) is 28.7 Å². The molecule has 0 spiro atoms. The fourth-order valence-electron chi connectivity index (χ4n) is 5.37. The van der Waals surface area contributed by atoms with Crippen LogP contribution >= 0.6 is 0 Å². The Kier molecular flexibility index (Phi) is 10.0. The number of nitrogens with zero attached hydrogens (tertiary/aromatic N) is 4. The molecule has 1 atom stereocenters. The van der Waals surface area contributed by atoms with E-state index in [1.54, 1.807) is 34.6 Å². The monoisotopic (exact) mass is 629 g/mol. The van der Waals surface area contributed by atoms with Gasteiger partial charge in [0.2, 0.25) is 0 Å². The summed E-state index contributed by atoms with van der Waals surface area (Å²) in [5.41, 5.74) is -0.143. The maximum absolute atomic E-state index is 14.2. The van der Waals surface area contributed by atoms with Crippen molar-refractivity contribution in [2.24, 2.45) is 0 Å². The molecular formula is C31H40FN5O8. The van der Waals surface area contributed by atoms with Crippen molar-refractivity contribution in [2.45, 2.75) is 72.1 Å². The van der Waals surface area contributed by atoms with Gasteiger partial charge in [0.25, 0.3) is 11.5 Å². The second-order valence-corrected chi connectivity index (χ2v) is 11.8. The topological polar surface area (TPSA) is 154 Å². The minimum Gasteiger partial charge on any atom is -0.493 e. The van der Waals surface area contributed by atoms with Gasteiger partial charge in [0.05, 0.1) is 38.0 Å². The van der Waals surface area contributed by atoms with Crippen molar-refractivity contribution in [3.8, 4) is 11.5 Å². The Balaban J connectivity index is 1.55. The van der Waals surface area contributed by atoms with Crippen molar-refractivity contribution in [1.29, 1.82) is 0 Å². The van der Waals surface area contributed by atoms with Crippen LogP contribution in [0.2, 0.25) is 0 Å². The van der Waals surface area contributed by atoms with Gasteiger partial charge in [0.1, 0.15) is 28.6 Å². The second-order valence-electron chi connectivity index (χ2n) is 11.8. The molecule has 0 radical (unpaired) electrons.